The molecule has 1 aromatic carbocycles. The van der Waals surface area contributed by atoms with Crippen molar-refractivity contribution in [3.63, 3.8) is 0 Å². The average molecular weight is 280 g/mol. The Bertz CT molecular complexity index is 434. The lowest BCUT2D eigenvalue weighted by atomic mass is 10.1. The van der Waals surface area contributed by atoms with Gasteiger partial charge < -0.3 is 10.1 Å². The van der Waals surface area contributed by atoms with Crippen LogP contribution in [0.2, 0.25) is 0 Å². The van der Waals surface area contributed by atoms with Crippen molar-refractivity contribution in [2.45, 2.75) is 12.8 Å². The number of halogens is 1. The highest BCUT2D eigenvalue weighted by Gasteiger charge is 2.09. The first-order valence-electron chi connectivity index (χ1n) is 7.05. The third kappa shape index (κ3) is 5.27. The van der Waals surface area contributed by atoms with Crippen molar-refractivity contribution < 1.29 is 13.9 Å². The Morgan fingerprint density at radius 1 is 1.35 bits per heavy atom. The zero-order valence-corrected chi connectivity index (χ0v) is 11.6. The van der Waals surface area contributed by atoms with E-state index in [0.29, 0.717) is 12.1 Å². The van der Waals surface area contributed by atoms with Crippen LogP contribution in [0.5, 0.6) is 0 Å². The molecule has 2 rings (SSSR count). The molecule has 1 aliphatic rings. The number of hydrogen-bond donors (Lipinski definition) is 1. The molecule has 0 aliphatic carbocycles. The molecule has 110 valence electrons. The first-order valence-corrected chi connectivity index (χ1v) is 7.05. The summed E-state index contributed by atoms with van der Waals surface area (Å²) in [6.45, 7) is 5.17. The van der Waals surface area contributed by atoms with E-state index in [4.69, 9.17) is 4.74 Å². The summed E-state index contributed by atoms with van der Waals surface area (Å²) in [5.74, 6) is -0.361. The van der Waals surface area contributed by atoms with Crippen molar-refractivity contribution in [1.29, 1.82) is 0 Å². The van der Waals surface area contributed by atoms with Gasteiger partial charge in [-0.2, -0.15) is 0 Å². The Hall–Kier alpha value is -1.46. The molecular weight excluding hydrogens is 259 g/mol. The van der Waals surface area contributed by atoms with Crippen LogP contribution in [0.3, 0.4) is 0 Å². The van der Waals surface area contributed by atoms with Gasteiger partial charge in [-0.3, -0.25) is 9.69 Å². The van der Waals surface area contributed by atoms with Crippen LogP contribution in [-0.2, 0) is 16.0 Å². The molecule has 0 unspecified atom stereocenters. The van der Waals surface area contributed by atoms with Crippen LogP contribution >= 0.6 is 0 Å². The summed E-state index contributed by atoms with van der Waals surface area (Å²) in [6.07, 6.45) is 1.16. The second-order valence-corrected chi connectivity index (χ2v) is 4.96. The van der Waals surface area contributed by atoms with Crippen molar-refractivity contribution in [2.75, 3.05) is 39.4 Å². The van der Waals surface area contributed by atoms with Crippen molar-refractivity contribution in [1.82, 2.24) is 10.2 Å². The van der Waals surface area contributed by atoms with Gasteiger partial charge in [0.05, 0.1) is 19.6 Å². The number of amides is 1. The summed E-state index contributed by atoms with van der Waals surface area (Å²) in [5, 5.41) is 2.87. The van der Waals surface area contributed by atoms with Crippen molar-refractivity contribution in [3.05, 3.63) is 35.6 Å². The predicted molar refractivity (Wildman–Crippen MR) is 75.0 cm³/mol. The molecule has 0 spiro atoms. The smallest absolute Gasteiger partial charge is 0.224 e. The molecule has 1 amide bonds. The van der Waals surface area contributed by atoms with Gasteiger partial charge in [0.2, 0.25) is 5.91 Å². The molecule has 0 aromatic heterocycles. The number of ether oxygens (including phenoxy) is 1. The van der Waals surface area contributed by atoms with Crippen LogP contribution in [0.4, 0.5) is 4.39 Å². The largest absolute Gasteiger partial charge is 0.379 e. The molecule has 0 saturated carbocycles. The molecule has 1 N–H and O–H groups in total. The first-order chi connectivity index (χ1) is 9.74. The summed E-state index contributed by atoms with van der Waals surface area (Å²) in [7, 11) is 0. The van der Waals surface area contributed by atoms with E-state index in [0.717, 1.165) is 39.3 Å². The van der Waals surface area contributed by atoms with E-state index >= 15 is 0 Å². The fourth-order valence-corrected chi connectivity index (χ4v) is 2.25. The highest BCUT2D eigenvalue weighted by atomic mass is 19.1. The van der Waals surface area contributed by atoms with Gasteiger partial charge in [-0.15, -0.1) is 0 Å². The highest BCUT2D eigenvalue weighted by Crippen LogP contribution is 2.04. The summed E-state index contributed by atoms with van der Waals surface area (Å²) in [5.41, 5.74) is 0.704. The van der Waals surface area contributed by atoms with Crippen molar-refractivity contribution in [2.24, 2.45) is 0 Å². The maximum atomic E-state index is 13.0. The van der Waals surface area contributed by atoms with E-state index in [2.05, 4.69) is 10.2 Å². The third-order valence-corrected chi connectivity index (χ3v) is 3.33. The van der Waals surface area contributed by atoms with Crippen LogP contribution in [0.15, 0.2) is 24.3 Å². The lowest BCUT2D eigenvalue weighted by Crippen LogP contribution is -2.38. The van der Waals surface area contributed by atoms with E-state index < -0.39 is 0 Å². The van der Waals surface area contributed by atoms with E-state index in [1.807, 2.05) is 0 Å². The minimum absolute atomic E-state index is 0.0578. The van der Waals surface area contributed by atoms with Gasteiger partial charge in [0.25, 0.3) is 0 Å². The second kappa shape index (κ2) is 7.97. The maximum absolute atomic E-state index is 13.0. The molecule has 1 saturated heterocycles. The normalized spacial score (nSPS) is 16.1. The van der Waals surface area contributed by atoms with E-state index in [1.54, 1.807) is 12.1 Å². The predicted octanol–water partition coefficient (Wildman–Crippen LogP) is 1.21. The van der Waals surface area contributed by atoms with Crippen LogP contribution < -0.4 is 5.32 Å². The molecule has 5 heteroatoms. The number of carbonyl (C=O) groups is 1. The Kier molecular flexibility index (Phi) is 5.95. The standard InChI is InChI=1S/C15H21FN2O2/c16-14-4-1-3-13(11-14)12-15(19)17-5-2-6-18-7-9-20-10-8-18/h1,3-4,11H,2,5-10,12H2,(H,17,19). The van der Waals surface area contributed by atoms with Gasteiger partial charge in [0.1, 0.15) is 5.82 Å². The molecule has 1 aliphatic heterocycles. The second-order valence-electron chi connectivity index (χ2n) is 4.96. The summed E-state index contributed by atoms with van der Waals surface area (Å²) >= 11 is 0. The molecule has 0 bridgehead atoms. The summed E-state index contributed by atoms with van der Waals surface area (Å²) in [4.78, 5) is 14.0. The van der Waals surface area contributed by atoms with Crippen LogP contribution in [0.25, 0.3) is 0 Å². The fourth-order valence-electron chi connectivity index (χ4n) is 2.25. The van der Waals surface area contributed by atoms with Crippen molar-refractivity contribution in [3.8, 4) is 0 Å². The minimum atomic E-state index is -0.303. The van der Waals surface area contributed by atoms with Gasteiger partial charge in [-0.25, -0.2) is 4.39 Å². The zero-order valence-electron chi connectivity index (χ0n) is 11.6. The maximum Gasteiger partial charge on any atom is 0.224 e. The highest BCUT2D eigenvalue weighted by molar-refractivity contribution is 5.78. The lowest BCUT2D eigenvalue weighted by Gasteiger charge is -2.26. The van der Waals surface area contributed by atoms with Crippen LogP contribution in [0, 0.1) is 5.82 Å². The molecule has 0 atom stereocenters. The Morgan fingerprint density at radius 2 is 2.15 bits per heavy atom. The van der Waals surface area contributed by atoms with Gasteiger partial charge >= 0.3 is 0 Å². The Morgan fingerprint density at radius 3 is 2.90 bits per heavy atom. The molecule has 1 aromatic rings. The molecule has 0 radical (unpaired) electrons. The van der Waals surface area contributed by atoms with E-state index in [9.17, 15) is 9.18 Å². The zero-order chi connectivity index (χ0) is 14.2. The average Bonchev–Trinajstić information content (AvgIpc) is 2.45. The number of hydrogen-bond acceptors (Lipinski definition) is 3. The summed E-state index contributed by atoms with van der Waals surface area (Å²) < 4.78 is 18.3. The SMILES string of the molecule is O=C(Cc1cccc(F)c1)NCCCN1CCOCC1. The number of benzene rings is 1. The molecule has 4 nitrogen and oxygen atoms in total. The van der Waals surface area contributed by atoms with Gasteiger partial charge in [0.15, 0.2) is 0 Å². The minimum Gasteiger partial charge on any atom is -0.379 e. The quantitative estimate of drug-likeness (QED) is 0.796. The van der Waals surface area contributed by atoms with Gasteiger partial charge in [-0.1, -0.05) is 12.1 Å². The number of carbonyl (C=O) groups excluding carboxylic acids is 1. The van der Waals surface area contributed by atoms with Gasteiger partial charge in [0, 0.05) is 19.6 Å². The van der Waals surface area contributed by atoms with Crippen LogP contribution in [-0.4, -0.2) is 50.2 Å². The molecule has 20 heavy (non-hydrogen) atoms. The van der Waals surface area contributed by atoms with Gasteiger partial charge in [-0.05, 0) is 30.7 Å². The van der Waals surface area contributed by atoms with E-state index in [-0.39, 0.29) is 18.1 Å². The topological polar surface area (TPSA) is 41.6 Å². The Labute approximate surface area is 118 Å². The number of nitrogens with zero attached hydrogens (tertiary/aromatic N) is 1. The monoisotopic (exact) mass is 280 g/mol. The lowest BCUT2D eigenvalue weighted by molar-refractivity contribution is -0.120. The molecule has 1 fully saturated rings. The fraction of sp³-hybridized carbons (Fsp3) is 0.533. The third-order valence-electron chi connectivity index (χ3n) is 3.33. The first kappa shape index (κ1) is 14.9. The number of nitrogens with one attached hydrogen (secondary N) is 1. The van der Waals surface area contributed by atoms with Crippen LogP contribution in [0.1, 0.15) is 12.0 Å². The Balaban J connectivity index is 1.60. The molecular formula is C15H21FN2O2. The number of rotatable bonds is 6. The molecule has 1 heterocycles. The van der Waals surface area contributed by atoms with Crippen molar-refractivity contribution >= 4 is 5.91 Å². The van der Waals surface area contributed by atoms with E-state index in [1.165, 1.54) is 12.1 Å². The summed E-state index contributed by atoms with van der Waals surface area (Å²) in [6, 6.07) is 6.16. The number of morpholine rings is 1.